The van der Waals surface area contributed by atoms with Crippen molar-refractivity contribution < 1.29 is 4.79 Å². The second-order valence-electron chi connectivity index (χ2n) is 4.77. The van der Waals surface area contributed by atoms with Crippen LogP contribution in [0.3, 0.4) is 0 Å². The molecule has 16 heavy (non-hydrogen) atoms. The molecule has 0 bridgehead atoms. The van der Waals surface area contributed by atoms with E-state index in [1.54, 1.807) is 0 Å². The Labute approximate surface area is 97.6 Å². The molecule has 88 valence electrons. The fraction of sp³-hybridized carbons (Fsp3) is 0.769. The molecule has 1 saturated heterocycles. The number of amides is 1. The van der Waals surface area contributed by atoms with Crippen molar-refractivity contribution in [2.45, 2.75) is 50.6 Å². The van der Waals surface area contributed by atoms with Gasteiger partial charge in [0.1, 0.15) is 0 Å². The lowest BCUT2D eigenvalue weighted by Crippen LogP contribution is -2.42. The third-order valence-electron chi connectivity index (χ3n) is 3.37. The summed E-state index contributed by atoms with van der Waals surface area (Å²) >= 11 is 0. The highest BCUT2D eigenvalue weighted by molar-refractivity contribution is 5.77. The third kappa shape index (κ3) is 2.99. The zero-order valence-corrected chi connectivity index (χ0v) is 9.74. The number of hydrogen-bond acceptors (Lipinski definition) is 2. The molecule has 1 aliphatic heterocycles. The van der Waals surface area contributed by atoms with Crippen LogP contribution in [0.25, 0.3) is 0 Å². The van der Waals surface area contributed by atoms with Gasteiger partial charge in [-0.3, -0.25) is 4.79 Å². The molecule has 0 radical (unpaired) electrons. The molecule has 1 atom stereocenters. The zero-order chi connectivity index (χ0) is 11.4. The second kappa shape index (κ2) is 5.36. The lowest BCUT2D eigenvalue weighted by Gasteiger charge is -2.25. The van der Waals surface area contributed by atoms with Crippen molar-refractivity contribution in [3.8, 4) is 12.3 Å². The average molecular weight is 220 g/mol. The SMILES string of the molecule is C#CCCC(=O)N(CC1CCCN1)C1CC1. The van der Waals surface area contributed by atoms with Crippen molar-refractivity contribution in [2.75, 3.05) is 13.1 Å². The second-order valence-corrected chi connectivity index (χ2v) is 4.77. The highest BCUT2D eigenvalue weighted by atomic mass is 16.2. The van der Waals surface area contributed by atoms with Gasteiger partial charge in [-0.15, -0.1) is 12.3 Å². The fourth-order valence-corrected chi connectivity index (χ4v) is 2.31. The molecule has 3 heteroatoms. The predicted molar refractivity (Wildman–Crippen MR) is 63.8 cm³/mol. The standard InChI is InChI=1S/C13H20N2O/c1-2-3-6-13(16)15(12-7-8-12)10-11-5-4-9-14-11/h1,11-12,14H,3-10H2. The van der Waals surface area contributed by atoms with E-state index in [4.69, 9.17) is 6.42 Å². The van der Waals surface area contributed by atoms with Gasteiger partial charge in [0.25, 0.3) is 0 Å². The highest BCUT2D eigenvalue weighted by Gasteiger charge is 2.33. The third-order valence-corrected chi connectivity index (χ3v) is 3.37. The zero-order valence-electron chi connectivity index (χ0n) is 9.74. The Bertz CT molecular complexity index is 285. The van der Waals surface area contributed by atoms with Crippen LogP contribution in [-0.4, -0.2) is 36.0 Å². The molecule has 1 aliphatic carbocycles. The van der Waals surface area contributed by atoms with E-state index in [1.165, 1.54) is 25.7 Å². The van der Waals surface area contributed by atoms with E-state index in [1.807, 2.05) is 0 Å². The van der Waals surface area contributed by atoms with E-state index in [0.29, 0.717) is 24.9 Å². The number of rotatable bonds is 5. The molecule has 0 aromatic rings. The molecule has 1 N–H and O–H groups in total. The van der Waals surface area contributed by atoms with Crippen molar-refractivity contribution in [1.82, 2.24) is 10.2 Å². The summed E-state index contributed by atoms with van der Waals surface area (Å²) in [6, 6.07) is 1.02. The predicted octanol–water partition coefficient (Wildman–Crippen LogP) is 1.14. The molecular formula is C13H20N2O. The van der Waals surface area contributed by atoms with Crippen LogP contribution < -0.4 is 5.32 Å². The van der Waals surface area contributed by atoms with E-state index in [2.05, 4.69) is 16.1 Å². The summed E-state index contributed by atoms with van der Waals surface area (Å²) in [5.41, 5.74) is 0. The van der Waals surface area contributed by atoms with Gasteiger partial charge in [0.15, 0.2) is 0 Å². The highest BCUT2D eigenvalue weighted by Crippen LogP contribution is 2.28. The largest absolute Gasteiger partial charge is 0.338 e. The van der Waals surface area contributed by atoms with Crippen LogP contribution in [0.5, 0.6) is 0 Å². The van der Waals surface area contributed by atoms with Crippen LogP contribution in [-0.2, 0) is 4.79 Å². The van der Waals surface area contributed by atoms with Crippen molar-refractivity contribution in [3.05, 3.63) is 0 Å². The Morgan fingerprint density at radius 3 is 2.81 bits per heavy atom. The van der Waals surface area contributed by atoms with Gasteiger partial charge in [-0.05, 0) is 32.2 Å². The van der Waals surface area contributed by atoms with Crippen LogP contribution in [0, 0.1) is 12.3 Å². The normalized spacial score (nSPS) is 24.1. The van der Waals surface area contributed by atoms with Crippen LogP contribution >= 0.6 is 0 Å². The Morgan fingerprint density at radius 1 is 1.44 bits per heavy atom. The number of carbonyl (C=O) groups is 1. The van der Waals surface area contributed by atoms with Crippen molar-refractivity contribution in [2.24, 2.45) is 0 Å². The number of terminal acetylenes is 1. The molecule has 0 aromatic heterocycles. The summed E-state index contributed by atoms with van der Waals surface area (Å²) < 4.78 is 0. The molecule has 1 saturated carbocycles. The molecular weight excluding hydrogens is 200 g/mol. The first kappa shape index (κ1) is 11.5. The first-order valence-corrected chi connectivity index (χ1v) is 6.27. The Hall–Kier alpha value is -1.01. The van der Waals surface area contributed by atoms with Gasteiger partial charge >= 0.3 is 0 Å². The summed E-state index contributed by atoms with van der Waals surface area (Å²) in [7, 11) is 0. The van der Waals surface area contributed by atoms with E-state index in [0.717, 1.165) is 13.1 Å². The van der Waals surface area contributed by atoms with Crippen LogP contribution in [0.15, 0.2) is 0 Å². The van der Waals surface area contributed by atoms with Gasteiger partial charge in [-0.2, -0.15) is 0 Å². The lowest BCUT2D eigenvalue weighted by molar-refractivity contribution is -0.132. The molecule has 1 heterocycles. The van der Waals surface area contributed by atoms with Crippen molar-refractivity contribution in [3.63, 3.8) is 0 Å². The fourth-order valence-electron chi connectivity index (χ4n) is 2.31. The first-order valence-electron chi connectivity index (χ1n) is 6.27. The summed E-state index contributed by atoms with van der Waals surface area (Å²) in [6.45, 7) is 1.98. The molecule has 0 spiro atoms. The van der Waals surface area contributed by atoms with Crippen LogP contribution in [0.4, 0.5) is 0 Å². The smallest absolute Gasteiger partial charge is 0.223 e. The molecule has 2 rings (SSSR count). The molecule has 0 aromatic carbocycles. The summed E-state index contributed by atoms with van der Waals surface area (Å²) in [4.78, 5) is 14.0. The van der Waals surface area contributed by atoms with Gasteiger partial charge < -0.3 is 10.2 Å². The first-order chi connectivity index (χ1) is 7.81. The summed E-state index contributed by atoms with van der Waals surface area (Å²) in [6.07, 6.45) is 11.1. The number of hydrogen-bond donors (Lipinski definition) is 1. The lowest BCUT2D eigenvalue weighted by atomic mass is 10.2. The van der Waals surface area contributed by atoms with Crippen molar-refractivity contribution >= 4 is 5.91 Å². The molecule has 2 fully saturated rings. The molecule has 1 unspecified atom stereocenters. The number of carbonyl (C=O) groups excluding carboxylic acids is 1. The van der Waals surface area contributed by atoms with Crippen molar-refractivity contribution in [1.29, 1.82) is 0 Å². The minimum atomic E-state index is 0.245. The van der Waals surface area contributed by atoms with Gasteiger partial charge in [-0.1, -0.05) is 0 Å². The number of nitrogens with zero attached hydrogens (tertiary/aromatic N) is 1. The van der Waals surface area contributed by atoms with E-state index < -0.39 is 0 Å². The van der Waals surface area contributed by atoms with E-state index in [9.17, 15) is 4.79 Å². The van der Waals surface area contributed by atoms with Gasteiger partial charge in [-0.25, -0.2) is 0 Å². The molecule has 1 amide bonds. The van der Waals surface area contributed by atoms with Crippen LogP contribution in [0.1, 0.15) is 38.5 Å². The topological polar surface area (TPSA) is 32.3 Å². The van der Waals surface area contributed by atoms with Gasteiger partial charge in [0, 0.05) is 31.5 Å². The Kier molecular flexibility index (Phi) is 3.84. The Balaban J connectivity index is 1.84. The minimum absolute atomic E-state index is 0.245. The molecule has 2 aliphatic rings. The summed E-state index contributed by atoms with van der Waals surface area (Å²) in [5, 5.41) is 3.45. The monoisotopic (exact) mass is 220 g/mol. The maximum absolute atomic E-state index is 12.0. The van der Waals surface area contributed by atoms with Crippen LogP contribution in [0.2, 0.25) is 0 Å². The minimum Gasteiger partial charge on any atom is -0.338 e. The quantitative estimate of drug-likeness (QED) is 0.705. The van der Waals surface area contributed by atoms with Gasteiger partial charge in [0.2, 0.25) is 5.91 Å². The van der Waals surface area contributed by atoms with E-state index in [-0.39, 0.29) is 5.91 Å². The summed E-state index contributed by atoms with van der Waals surface area (Å²) in [5.74, 6) is 2.79. The number of nitrogens with one attached hydrogen (secondary N) is 1. The molecule has 3 nitrogen and oxygen atoms in total. The average Bonchev–Trinajstić information content (AvgIpc) is 3.00. The maximum Gasteiger partial charge on any atom is 0.223 e. The Morgan fingerprint density at radius 2 is 2.25 bits per heavy atom. The van der Waals surface area contributed by atoms with E-state index >= 15 is 0 Å². The van der Waals surface area contributed by atoms with Gasteiger partial charge in [0.05, 0.1) is 0 Å². The maximum atomic E-state index is 12.0.